The minimum atomic E-state index is -3.77. The predicted molar refractivity (Wildman–Crippen MR) is 121 cm³/mol. The van der Waals surface area contributed by atoms with Crippen molar-refractivity contribution in [1.29, 1.82) is 0 Å². The van der Waals surface area contributed by atoms with Gasteiger partial charge in [0.1, 0.15) is 11.6 Å². The van der Waals surface area contributed by atoms with Gasteiger partial charge in [0.05, 0.1) is 17.1 Å². The van der Waals surface area contributed by atoms with Crippen LogP contribution >= 0.6 is 0 Å². The Hall–Kier alpha value is -3.39. The fourth-order valence-electron chi connectivity index (χ4n) is 3.45. The van der Waals surface area contributed by atoms with Crippen molar-refractivity contribution in [2.75, 3.05) is 18.5 Å². The van der Waals surface area contributed by atoms with Crippen molar-refractivity contribution >= 4 is 38.2 Å². The molecule has 0 aromatic heterocycles. The van der Waals surface area contributed by atoms with Crippen molar-refractivity contribution in [3.63, 3.8) is 0 Å². The van der Waals surface area contributed by atoms with Gasteiger partial charge in [-0.25, -0.2) is 8.42 Å². The van der Waals surface area contributed by atoms with Gasteiger partial charge >= 0.3 is 0 Å². The summed E-state index contributed by atoms with van der Waals surface area (Å²) >= 11 is 0. The van der Waals surface area contributed by atoms with Crippen LogP contribution in [0.5, 0.6) is 5.75 Å². The Morgan fingerprint density at radius 3 is 2.55 bits per heavy atom. The zero-order chi connectivity index (χ0) is 21.8. The molecule has 0 spiro atoms. The third-order valence-corrected chi connectivity index (χ3v) is 6.30. The number of ether oxygens (including phenoxy) is 1. The lowest BCUT2D eigenvalue weighted by Gasteiger charge is -2.13. The number of carbonyl (C=O) groups is 1. The molecule has 1 amide bonds. The fourth-order valence-corrected chi connectivity index (χ4v) is 4.58. The number of hydrogen-bond donors (Lipinski definition) is 2. The third kappa shape index (κ3) is 4.69. The van der Waals surface area contributed by atoms with E-state index in [4.69, 9.17) is 4.74 Å². The number of nitrogens with zero attached hydrogens (tertiary/aromatic N) is 1. The molecule has 0 saturated carbocycles. The molecular weight excluding hydrogens is 414 g/mol. The van der Waals surface area contributed by atoms with Gasteiger partial charge in [-0.2, -0.15) is 0 Å². The molecular formula is C23H23N3O4S. The summed E-state index contributed by atoms with van der Waals surface area (Å²) in [5.41, 5.74) is 0.754. The summed E-state index contributed by atoms with van der Waals surface area (Å²) in [4.78, 5) is 17.2. The first-order chi connectivity index (χ1) is 15.0. The number of nitrogens with one attached hydrogen (secondary N) is 2. The normalized spacial score (nSPS) is 13.6. The van der Waals surface area contributed by atoms with Crippen LogP contribution in [-0.2, 0) is 10.0 Å². The molecule has 3 aromatic rings. The van der Waals surface area contributed by atoms with Crippen LogP contribution in [-0.4, -0.2) is 33.3 Å². The fraction of sp³-hybridized carbons (Fsp3) is 0.217. The van der Waals surface area contributed by atoms with Gasteiger partial charge in [0.15, 0.2) is 0 Å². The molecule has 2 N–H and O–H groups in total. The molecule has 0 saturated heterocycles. The van der Waals surface area contributed by atoms with Gasteiger partial charge < -0.3 is 10.1 Å². The van der Waals surface area contributed by atoms with Crippen LogP contribution in [0.15, 0.2) is 70.6 Å². The molecule has 0 radical (unpaired) electrons. The molecule has 1 heterocycles. The van der Waals surface area contributed by atoms with Gasteiger partial charge in [-0.1, -0.05) is 30.3 Å². The lowest BCUT2D eigenvalue weighted by Crippen LogP contribution is -2.29. The number of carbonyl (C=O) groups excluding carboxylic acids is 1. The van der Waals surface area contributed by atoms with Gasteiger partial charge in [-0.05, 0) is 54.4 Å². The largest absolute Gasteiger partial charge is 0.493 e. The first-order valence-corrected chi connectivity index (χ1v) is 11.6. The predicted octanol–water partition coefficient (Wildman–Crippen LogP) is 3.96. The van der Waals surface area contributed by atoms with Crippen LogP contribution in [0.4, 0.5) is 5.69 Å². The maximum atomic E-state index is 13.0. The topological polar surface area (TPSA) is 96.9 Å². The summed E-state index contributed by atoms with van der Waals surface area (Å²) < 4.78 is 33.5. The number of sulfonamides is 1. The SMILES string of the molecule is CCOc1cc2ccccc2cc1C(=O)Nc1cccc(S(=O)(=O)NC2=NCCC2)c1. The molecule has 1 aliphatic heterocycles. The van der Waals surface area contributed by atoms with Gasteiger partial charge in [0.25, 0.3) is 15.9 Å². The van der Waals surface area contributed by atoms with Crippen molar-refractivity contribution in [2.45, 2.75) is 24.7 Å². The number of aliphatic imine (C=N–C) groups is 1. The summed E-state index contributed by atoms with van der Waals surface area (Å²) in [6.45, 7) is 2.90. The van der Waals surface area contributed by atoms with Crippen molar-refractivity contribution in [2.24, 2.45) is 4.99 Å². The Morgan fingerprint density at radius 2 is 1.84 bits per heavy atom. The quantitative estimate of drug-likeness (QED) is 0.610. The average molecular weight is 438 g/mol. The van der Waals surface area contributed by atoms with E-state index in [9.17, 15) is 13.2 Å². The molecule has 1 aliphatic rings. The van der Waals surface area contributed by atoms with E-state index in [2.05, 4.69) is 15.0 Å². The summed E-state index contributed by atoms with van der Waals surface area (Å²) in [7, 11) is -3.77. The van der Waals surface area contributed by atoms with Crippen LogP contribution in [0.25, 0.3) is 10.8 Å². The van der Waals surface area contributed by atoms with E-state index < -0.39 is 10.0 Å². The van der Waals surface area contributed by atoms with E-state index in [-0.39, 0.29) is 10.8 Å². The molecule has 7 nitrogen and oxygen atoms in total. The molecule has 0 fully saturated rings. The number of fused-ring (bicyclic) bond motifs is 1. The van der Waals surface area contributed by atoms with Crippen LogP contribution < -0.4 is 14.8 Å². The highest BCUT2D eigenvalue weighted by atomic mass is 32.2. The molecule has 160 valence electrons. The average Bonchev–Trinajstić information content (AvgIpc) is 3.26. The van der Waals surface area contributed by atoms with Crippen LogP contribution in [0.3, 0.4) is 0 Å². The van der Waals surface area contributed by atoms with Gasteiger partial charge in [-0.3, -0.25) is 14.5 Å². The van der Waals surface area contributed by atoms with Crippen molar-refractivity contribution in [3.8, 4) is 5.75 Å². The number of amidine groups is 1. The minimum absolute atomic E-state index is 0.0587. The highest BCUT2D eigenvalue weighted by molar-refractivity contribution is 7.90. The van der Waals surface area contributed by atoms with Crippen molar-refractivity contribution in [3.05, 3.63) is 66.2 Å². The molecule has 0 bridgehead atoms. The summed E-state index contributed by atoms with van der Waals surface area (Å²) in [5, 5.41) is 4.67. The Morgan fingerprint density at radius 1 is 1.06 bits per heavy atom. The Labute approximate surface area is 181 Å². The van der Waals surface area contributed by atoms with E-state index in [0.717, 1.165) is 17.2 Å². The highest BCUT2D eigenvalue weighted by Crippen LogP contribution is 2.27. The molecule has 3 aromatic carbocycles. The highest BCUT2D eigenvalue weighted by Gasteiger charge is 2.20. The van der Waals surface area contributed by atoms with Crippen LogP contribution in [0.2, 0.25) is 0 Å². The molecule has 4 rings (SSSR count). The zero-order valence-corrected chi connectivity index (χ0v) is 17.9. The Kier molecular flexibility index (Phi) is 5.90. The lowest BCUT2D eigenvalue weighted by molar-refractivity contribution is 0.102. The standard InChI is InChI=1S/C23H23N3O4S/c1-2-30-21-14-17-8-4-3-7-16(17)13-20(21)23(27)25-18-9-5-10-19(15-18)31(28,29)26-22-11-6-12-24-22/h3-5,7-10,13-15H,2,6,11-12H2,1H3,(H,24,26)(H,25,27). The number of amides is 1. The summed E-state index contributed by atoms with van der Waals surface area (Å²) in [6.07, 6.45) is 1.44. The monoisotopic (exact) mass is 437 g/mol. The second-order valence-electron chi connectivity index (χ2n) is 7.15. The molecule has 8 heteroatoms. The maximum absolute atomic E-state index is 13.0. The van der Waals surface area contributed by atoms with E-state index in [0.29, 0.717) is 42.4 Å². The molecule has 0 atom stereocenters. The van der Waals surface area contributed by atoms with Gasteiger partial charge in [0.2, 0.25) is 0 Å². The molecule has 31 heavy (non-hydrogen) atoms. The molecule has 0 unspecified atom stereocenters. The zero-order valence-electron chi connectivity index (χ0n) is 17.1. The first kappa shape index (κ1) is 20.9. The van der Waals surface area contributed by atoms with Gasteiger partial charge in [0, 0.05) is 18.7 Å². The van der Waals surface area contributed by atoms with Gasteiger partial charge in [-0.15, -0.1) is 0 Å². The van der Waals surface area contributed by atoms with E-state index in [1.807, 2.05) is 37.3 Å². The van der Waals surface area contributed by atoms with E-state index in [1.165, 1.54) is 12.1 Å². The summed E-state index contributed by atoms with van der Waals surface area (Å²) in [5.74, 6) is 0.562. The second kappa shape index (κ2) is 8.77. The van der Waals surface area contributed by atoms with Crippen molar-refractivity contribution < 1.29 is 17.9 Å². The Balaban J connectivity index is 1.60. The first-order valence-electron chi connectivity index (χ1n) is 10.1. The van der Waals surface area contributed by atoms with Crippen LogP contribution in [0, 0.1) is 0 Å². The minimum Gasteiger partial charge on any atom is -0.493 e. The number of anilines is 1. The number of benzene rings is 3. The number of hydrogen-bond acceptors (Lipinski definition) is 5. The molecule has 0 aliphatic carbocycles. The van der Waals surface area contributed by atoms with E-state index >= 15 is 0 Å². The maximum Gasteiger partial charge on any atom is 0.262 e. The smallest absolute Gasteiger partial charge is 0.262 e. The summed E-state index contributed by atoms with van der Waals surface area (Å²) in [6, 6.07) is 17.5. The number of rotatable bonds is 6. The Bertz CT molecular complexity index is 1270. The van der Waals surface area contributed by atoms with E-state index in [1.54, 1.807) is 18.2 Å². The van der Waals surface area contributed by atoms with Crippen molar-refractivity contribution in [1.82, 2.24) is 4.72 Å². The van der Waals surface area contributed by atoms with Crippen LogP contribution in [0.1, 0.15) is 30.1 Å². The third-order valence-electron chi connectivity index (χ3n) is 4.92. The lowest BCUT2D eigenvalue weighted by atomic mass is 10.1. The second-order valence-corrected chi connectivity index (χ2v) is 8.83.